The second-order valence-corrected chi connectivity index (χ2v) is 5.94. The molecule has 1 aliphatic heterocycles. The molecule has 0 N–H and O–H groups in total. The van der Waals surface area contributed by atoms with E-state index in [0.29, 0.717) is 0 Å². The van der Waals surface area contributed by atoms with Gasteiger partial charge in [0.1, 0.15) is 6.07 Å². The van der Waals surface area contributed by atoms with Crippen LogP contribution in [0, 0.1) is 30.1 Å². The second kappa shape index (κ2) is 4.65. The first-order chi connectivity index (χ1) is 8.76. The van der Waals surface area contributed by atoms with Crippen LogP contribution in [0.15, 0.2) is 18.2 Å². The lowest BCUT2D eigenvalue weighted by Gasteiger charge is -2.42. The Bertz CT molecular complexity index is 474. The lowest BCUT2D eigenvalue weighted by molar-refractivity contribution is 0.231. The van der Waals surface area contributed by atoms with Crippen molar-refractivity contribution in [2.75, 3.05) is 18.0 Å². The van der Waals surface area contributed by atoms with Crippen LogP contribution in [0.1, 0.15) is 36.8 Å². The molecule has 2 nitrogen and oxygen atoms in total. The predicted octanol–water partition coefficient (Wildman–Crippen LogP) is 3.49. The Kier molecular flexibility index (Phi) is 2.99. The van der Waals surface area contributed by atoms with E-state index in [1.165, 1.54) is 31.2 Å². The molecule has 2 fully saturated rings. The molecule has 1 heterocycles. The van der Waals surface area contributed by atoms with Crippen LogP contribution in [0.2, 0.25) is 0 Å². The van der Waals surface area contributed by atoms with Gasteiger partial charge in [0.05, 0.1) is 11.3 Å². The first-order valence-electron chi connectivity index (χ1n) is 7.02. The van der Waals surface area contributed by atoms with Crippen LogP contribution >= 0.6 is 0 Å². The van der Waals surface area contributed by atoms with Crippen LogP contribution in [0.5, 0.6) is 0 Å². The first-order valence-corrected chi connectivity index (χ1v) is 7.02. The summed E-state index contributed by atoms with van der Waals surface area (Å²) in [5, 5.41) is 9.30. The van der Waals surface area contributed by atoms with Gasteiger partial charge in [0.2, 0.25) is 0 Å². The number of nitrogens with zero attached hydrogens (tertiary/aromatic N) is 2. The number of rotatable bonds is 1. The monoisotopic (exact) mass is 240 g/mol. The molecule has 1 aromatic rings. The van der Waals surface area contributed by atoms with Gasteiger partial charge in [-0.3, -0.25) is 0 Å². The largest absolute Gasteiger partial charge is 0.370 e. The topological polar surface area (TPSA) is 27.0 Å². The lowest BCUT2D eigenvalue weighted by atomic mass is 9.77. The molecule has 3 rings (SSSR count). The van der Waals surface area contributed by atoms with E-state index in [2.05, 4.69) is 30.0 Å². The fourth-order valence-corrected chi connectivity index (χ4v) is 3.64. The van der Waals surface area contributed by atoms with Crippen LogP contribution < -0.4 is 4.90 Å². The third-order valence-electron chi connectivity index (χ3n) is 4.46. The number of hydrogen-bond donors (Lipinski definition) is 0. The highest BCUT2D eigenvalue weighted by Gasteiger charge is 2.31. The highest BCUT2D eigenvalue weighted by atomic mass is 15.1. The minimum absolute atomic E-state index is 0.843. The minimum atomic E-state index is 0.843. The second-order valence-electron chi connectivity index (χ2n) is 5.94. The Morgan fingerprint density at radius 3 is 2.61 bits per heavy atom. The summed E-state index contributed by atoms with van der Waals surface area (Å²) in [5.74, 6) is 1.70. The zero-order valence-corrected chi connectivity index (χ0v) is 11.0. The van der Waals surface area contributed by atoms with Gasteiger partial charge in [-0.15, -0.1) is 0 Å². The molecular formula is C16H20N2. The quantitative estimate of drug-likeness (QED) is 0.751. The summed E-state index contributed by atoms with van der Waals surface area (Å²) in [7, 11) is 0. The number of benzene rings is 1. The van der Waals surface area contributed by atoms with E-state index in [1.807, 2.05) is 6.07 Å². The summed E-state index contributed by atoms with van der Waals surface area (Å²) in [4.78, 5) is 2.45. The van der Waals surface area contributed by atoms with Crippen molar-refractivity contribution in [2.45, 2.75) is 32.6 Å². The van der Waals surface area contributed by atoms with Crippen molar-refractivity contribution in [3.8, 4) is 6.07 Å². The number of fused-ring (bicyclic) bond motifs is 2. The predicted molar refractivity (Wildman–Crippen MR) is 73.6 cm³/mol. The van der Waals surface area contributed by atoms with E-state index >= 15 is 0 Å². The molecule has 18 heavy (non-hydrogen) atoms. The summed E-state index contributed by atoms with van der Waals surface area (Å²) in [6, 6.07) is 8.63. The van der Waals surface area contributed by atoms with Crippen molar-refractivity contribution in [1.29, 1.82) is 5.26 Å². The van der Waals surface area contributed by atoms with Gasteiger partial charge in [0.15, 0.2) is 0 Å². The fourth-order valence-electron chi connectivity index (χ4n) is 3.64. The van der Waals surface area contributed by atoms with Crippen LogP contribution in [-0.4, -0.2) is 13.1 Å². The number of nitriles is 1. The molecule has 2 aliphatic rings. The smallest absolute Gasteiger partial charge is 0.101 e. The first kappa shape index (κ1) is 11.6. The van der Waals surface area contributed by atoms with Crippen molar-refractivity contribution in [2.24, 2.45) is 11.8 Å². The molecule has 2 heteroatoms. The summed E-state index contributed by atoms with van der Waals surface area (Å²) < 4.78 is 0. The molecule has 94 valence electrons. The molecule has 2 unspecified atom stereocenters. The highest BCUT2D eigenvalue weighted by Crippen LogP contribution is 2.37. The van der Waals surface area contributed by atoms with E-state index in [9.17, 15) is 5.26 Å². The zero-order valence-electron chi connectivity index (χ0n) is 11.0. The highest BCUT2D eigenvalue weighted by molar-refractivity contribution is 5.60. The van der Waals surface area contributed by atoms with Gasteiger partial charge >= 0.3 is 0 Å². The summed E-state index contributed by atoms with van der Waals surface area (Å²) in [5.41, 5.74) is 3.17. The van der Waals surface area contributed by atoms with Crippen LogP contribution in [-0.2, 0) is 0 Å². The third kappa shape index (κ3) is 2.10. The SMILES string of the molecule is Cc1ccc(N2CC3CCCC(C3)C2)c(C#N)c1. The van der Waals surface area contributed by atoms with Crippen molar-refractivity contribution < 1.29 is 0 Å². The molecule has 1 saturated carbocycles. The maximum Gasteiger partial charge on any atom is 0.101 e. The standard InChI is InChI=1S/C16H20N2/c1-12-5-6-16(15(7-12)9-17)18-10-13-3-2-4-14(8-13)11-18/h5-7,13-14H,2-4,8,10-11H2,1H3. The molecule has 2 atom stereocenters. The molecule has 1 saturated heterocycles. The van der Waals surface area contributed by atoms with E-state index < -0.39 is 0 Å². The van der Waals surface area contributed by atoms with Crippen molar-refractivity contribution in [3.05, 3.63) is 29.3 Å². The van der Waals surface area contributed by atoms with Crippen LogP contribution in [0.3, 0.4) is 0 Å². The van der Waals surface area contributed by atoms with Crippen molar-refractivity contribution in [1.82, 2.24) is 0 Å². The number of anilines is 1. The number of aryl methyl sites for hydroxylation is 1. The summed E-state index contributed by atoms with van der Waals surface area (Å²) >= 11 is 0. The zero-order chi connectivity index (χ0) is 12.5. The maximum atomic E-state index is 9.30. The normalized spacial score (nSPS) is 26.8. The van der Waals surface area contributed by atoms with Gasteiger partial charge in [-0.05, 0) is 55.7 Å². The van der Waals surface area contributed by atoms with Gasteiger partial charge < -0.3 is 4.90 Å². The van der Waals surface area contributed by atoms with Gasteiger partial charge in [0, 0.05) is 13.1 Å². The third-order valence-corrected chi connectivity index (χ3v) is 4.46. The average Bonchev–Trinajstić information content (AvgIpc) is 2.38. The maximum absolute atomic E-state index is 9.30. The van der Waals surface area contributed by atoms with Crippen LogP contribution in [0.25, 0.3) is 0 Å². The number of hydrogen-bond acceptors (Lipinski definition) is 2. The molecule has 0 aromatic heterocycles. The van der Waals surface area contributed by atoms with Crippen molar-refractivity contribution >= 4 is 5.69 Å². The molecule has 0 radical (unpaired) electrons. The van der Waals surface area contributed by atoms with Crippen LogP contribution in [0.4, 0.5) is 5.69 Å². The Morgan fingerprint density at radius 1 is 1.22 bits per heavy atom. The minimum Gasteiger partial charge on any atom is -0.370 e. The Morgan fingerprint density at radius 2 is 1.94 bits per heavy atom. The summed E-state index contributed by atoms with van der Waals surface area (Å²) in [6.45, 7) is 4.35. The van der Waals surface area contributed by atoms with Gasteiger partial charge in [-0.1, -0.05) is 12.5 Å². The van der Waals surface area contributed by atoms with E-state index in [0.717, 1.165) is 36.2 Å². The molecule has 1 aromatic carbocycles. The van der Waals surface area contributed by atoms with Gasteiger partial charge in [-0.2, -0.15) is 5.26 Å². The van der Waals surface area contributed by atoms with Gasteiger partial charge in [0.25, 0.3) is 0 Å². The lowest BCUT2D eigenvalue weighted by Crippen LogP contribution is -2.43. The Labute approximate surface area is 109 Å². The van der Waals surface area contributed by atoms with E-state index in [1.54, 1.807) is 0 Å². The van der Waals surface area contributed by atoms with E-state index in [4.69, 9.17) is 0 Å². The molecular weight excluding hydrogens is 220 g/mol. The average molecular weight is 240 g/mol. The van der Waals surface area contributed by atoms with E-state index in [-0.39, 0.29) is 0 Å². The molecule has 2 bridgehead atoms. The summed E-state index contributed by atoms with van der Waals surface area (Å²) in [6.07, 6.45) is 5.56. The van der Waals surface area contributed by atoms with Crippen molar-refractivity contribution in [3.63, 3.8) is 0 Å². The molecule has 0 spiro atoms. The number of piperidine rings is 1. The Balaban J connectivity index is 1.89. The molecule has 1 aliphatic carbocycles. The Hall–Kier alpha value is -1.49. The fraction of sp³-hybridized carbons (Fsp3) is 0.562. The van der Waals surface area contributed by atoms with Gasteiger partial charge in [-0.25, -0.2) is 0 Å². The molecule has 0 amide bonds.